The van der Waals surface area contributed by atoms with Gasteiger partial charge in [0, 0.05) is 5.02 Å². The van der Waals surface area contributed by atoms with Crippen molar-refractivity contribution in [2.24, 2.45) is 0 Å². The van der Waals surface area contributed by atoms with Crippen molar-refractivity contribution in [3.8, 4) is 5.75 Å². The Morgan fingerprint density at radius 2 is 1.81 bits per heavy atom. The number of nitrogens with zero attached hydrogens (tertiary/aromatic N) is 3. The summed E-state index contributed by atoms with van der Waals surface area (Å²) in [6.45, 7) is 1.97. The molecule has 0 spiro atoms. The lowest BCUT2D eigenvalue weighted by Crippen LogP contribution is -2.29. The van der Waals surface area contributed by atoms with Crippen LogP contribution in [0.1, 0.15) is 27.7 Å². The summed E-state index contributed by atoms with van der Waals surface area (Å²) in [5, 5.41) is 8.46. The van der Waals surface area contributed by atoms with E-state index in [1.807, 2.05) is 13.0 Å². The van der Waals surface area contributed by atoms with E-state index >= 15 is 0 Å². The lowest BCUT2D eigenvalue weighted by molar-refractivity contribution is -0.114. The van der Waals surface area contributed by atoms with Gasteiger partial charge in [-0.3, -0.25) is 14.5 Å². The third-order valence-electron chi connectivity index (χ3n) is 4.10. The van der Waals surface area contributed by atoms with E-state index in [1.165, 1.54) is 4.90 Å². The zero-order chi connectivity index (χ0) is 19.0. The lowest BCUT2D eigenvalue weighted by Gasteiger charge is -2.13. The maximum Gasteiger partial charge on any atom is 0.299 e. The predicted octanol–water partition coefficient (Wildman–Crippen LogP) is 3.34. The molecule has 0 aliphatic carbocycles. The Kier molecular flexibility index (Phi) is 4.37. The van der Waals surface area contributed by atoms with Gasteiger partial charge < -0.3 is 9.15 Å². The molecule has 0 unspecified atom stereocenters. The van der Waals surface area contributed by atoms with Gasteiger partial charge in [-0.2, -0.15) is 0 Å². The molecule has 1 aliphatic rings. The first kappa shape index (κ1) is 17.2. The zero-order valence-electron chi connectivity index (χ0n) is 14.3. The van der Waals surface area contributed by atoms with Gasteiger partial charge in [-0.1, -0.05) is 23.2 Å². The smallest absolute Gasteiger partial charge is 0.299 e. The number of amides is 1. The van der Waals surface area contributed by atoms with Crippen molar-refractivity contribution in [2.75, 3.05) is 4.90 Å². The van der Waals surface area contributed by atoms with Crippen LogP contribution in [0.3, 0.4) is 0 Å². The molecule has 136 valence electrons. The molecule has 4 rings (SSSR count). The predicted molar refractivity (Wildman–Crippen MR) is 96.8 cm³/mol. The van der Waals surface area contributed by atoms with E-state index in [-0.39, 0.29) is 24.9 Å². The molecule has 0 atom stereocenters. The third kappa shape index (κ3) is 3.41. The fraction of sp³-hybridized carbons (Fsp3) is 0.158. The first-order valence-electron chi connectivity index (χ1n) is 8.18. The number of rotatable bonds is 5. The summed E-state index contributed by atoms with van der Waals surface area (Å²) in [4.78, 5) is 25.8. The first-order valence-corrected chi connectivity index (χ1v) is 8.55. The topological polar surface area (TPSA) is 85.5 Å². The number of hydrogen-bond donors (Lipinski definition) is 0. The largest absolute Gasteiger partial charge is 0.484 e. The van der Waals surface area contributed by atoms with Gasteiger partial charge in [0.2, 0.25) is 5.89 Å². The van der Waals surface area contributed by atoms with E-state index in [0.29, 0.717) is 22.0 Å². The van der Waals surface area contributed by atoms with Crippen LogP contribution in [0.5, 0.6) is 5.75 Å². The molecule has 1 aliphatic heterocycles. The summed E-state index contributed by atoms with van der Waals surface area (Å²) in [6.07, 6.45) is 0. The van der Waals surface area contributed by atoms with Crippen LogP contribution in [0.2, 0.25) is 5.02 Å². The molecule has 0 radical (unpaired) electrons. The van der Waals surface area contributed by atoms with Crippen molar-refractivity contribution in [3.63, 3.8) is 0 Å². The summed E-state index contributed by atoms with van der Waals surface area (Å²) in [5.74, 6) is -0.0302. The number of fused-ring (bicyclic) bond motifs is 1. The molecule has 27 heavy (non-hydrogen) atoms. The summed E-state index contributed by atoms with van der Waals surface area (Å²) in [6, 6.07) is 12.2. The Labute approximate surface area is 159 Å². The van der Waals surface area contributed by atoms with E-state index in [4.69, 9.17) is 20.8 Å². The standard InChI is InChI=1S/C19H14ClN3O4/c1-11-2-7-15-14(8-11)18(24)19(25)23(15)9-16-21-22-17(27-16)10-26-13-5-3-12(20)4-6-13/h2-8H,9-10H2,1H3. The van der Waals surface area contributed by atoms with E-state index in [9.17, 15) is 9.59 Å². The monoisotopic (exact) mass is 383 g/mol. The van der Waals surface area contributed by atoms with Gasteiger partial charge >= 0.3 is 0 Å². The first-order chi connectivity index (χ1) is 13.0. The van der Waals surface area contributed by atoms with Gasteiger partial charge in [0.15, 0.2) is 6.61 Å². The van der Waals surface area contributed by atoms with Crippen LogP contribution in [0.15, 0.2) is 46.9 Å². The number of carbonyl (C=O) groups excluding carboxylic acids is 2. The second kappa shape index (κ2) is 6.85. The Hall–Kier alpha value is -3.19. The molecule has 0 fully saturated rings. The number of Topliss-reactive ketones (excluding diaryl/α,β-unsaturated/α-hetero) is 1. The number of hydrogen-bond acceptors (Lipinski definition) is 6. The van der Waals surface area contributed by atoms with E-state index in [1.54, 1.807) is 36.4 Å². The molecule has 3 aromatic rings. The van der Waals surface area contributed by atoms with Gasteiger partial charge in [-0.05, 0) is 43.3 Å². The second-order valence-electron chi connectivity index (χ2n) is 6.07. The van der Waals surface area contributed by atoms with Crippen molar-refractivity contribution in [1.29, 1.82) is 0 Å². The zero-order valence-corrected chi connectivity index (χ0v) is 15.1. The van der Waals surface area contributed by atoms with Crippen molar-refractivity contribution in [3.05, 3.63) is 70.4 Å². The molecular formula is C19H14ClN3O4. The number of aromatic nitrogens is 2. The molecular weight excluding hydrogens is 370 g/mol. The Bertz CT molecular complexity index is 1030. The summed E-state index contributed by atoms with van der Waals surface area (Å²) in [5.41, 5.74) is 1.86. The van der Waals surface area contributed by atoms with Crippen LogP contribution in [0.4, 0.5) is 5.69 Å². The Morgan fingerprint density at radius 3 is 2.59 bits per heavy atom. The molecule has 1 amide bonds. The number of benzene rings is 2. The van der Waals surface area contributed by atoms with Gasteiger partial charge in [0.1, 0.15) is 12.3 Å². The molecule has 2 aromatic carbocycles. The highest BCUT2D eigenvalue weighted by molar-refractivity contribution is 6.52. The lowest BCUT2D eigenvalue weighted by atomic mass is 10.1. The second-order valence-corrected chi connectivity index (χ2v) is 6.51. The van der Waals surface area contributed by atoms with Crippen LogP contribution >= 0.6 is 11.6 Å². The molecule has 2 heterocycles. The van der Waals surface area contributed by atoms with Crippen LogP contribution in [0.25, 0.3) is 0 Å². The van der Waals surface area contributed by atoms with Gasteiger partial charge in [-0.15, -0.1) is 10.2 Å². The SMILES string of the molecule is Cc1ccc2c(c1)C(=O)C(=O)N2Cc1nnc(COc2ccc(Cl)cc2)o1. The van der Waals surface area contributed by atoms with Crippen LogP contribution < -0.4 is 9.64 Å². The maximum atomic E-state index is 12.3. The number of anilines is 1. The van der Waals surface area contributed by atoms with E-state index in [0.717, 1.165) is 5.56 Å². The average molecular weight is 384 g/mol. The fourth-order valence-electron chi connectivity index (χ4n) is 2.79. The molecule has 0 saturated carbocycles. The van der Waals surface area contributed by atoms with E-state index < -0.39 is 11.7 Å². The highest BCUT2D eigenvalue weighted by atomic mass is 35.5. The summed E-state index contributed by atoms with van der Waals surface area (Å²) < 4.78 is 11.1. The third-order valence-corrected chi connectivity index (χ3v) is 4.36. The number of ether oxygens (including phenoxy) is 1. The molecule has 8 heteroatoms. The van der Waals surface area contributed by atoms with Gasteiger partial charge in [0.05, 0.1) is 11.3 Å². The molecule has 0 N–H and O–H groups in total. The highest BCUT2D eigenvalue weighted by Crippen LogP contribution is 2.30. The van der Waals surface area contributed by atoms with Gasteiger partial charge in [0.25, 0.3) is 17.6 Å². The minimum atomic E-state index is -0.604. The number of ketones is 1. The summed E-state index contributed by atoms with van der Waals surface area (Å²) in [7, 11) is 0. The van der Waals surface area contributed by atoms with Crippen molar-refractivity contribution in [1.82, 2.24) is 10.2 Å². The Morgan fingerprint density at radius 1 is 1.07 bits per heavy atom. The van der Waals surface area contributed by atoms with Crippen molar-refractivity contribution < 1.29 is 18.7 Å². The van der Waals surface area contributed by atoms with Crippen LogP contribution in [0, 0.1) is 6.92 Å². The van der Waals surface area contributed by atoms with E-state index in [2.05, 4.69) is 10.2 Å². The maximum absolute atomic E-state index is 12.3. The minimum Gasteiger partial charge on any atom is -0.484 e. The average Bonchev–Trinajstić information content (AvgIpc) is 3.20. The van der Waals surface area contributed by atoms with Crippen LogP contribution in [-0.4, -0.2) is 21.9 Å². The molecule has 0 saturated heterocycles. The molecule has 7 nitrogen and oxygen atoms in total. The van der Waals surface area contributed by atoms with Crippen molar-refractivity contribution in [2.45, 2.75) is 20.1 Å². The molecule has 1 aromatic heterocycles. The van der Waals surface area contributed by atoms with Gasteiger partial charge in [-0.25, -0.2) is 0 Å². The van der Waals surface area contributed by atoms with Crippen LogP contribution in [-0.2, 0) is 17.9 Å². The summed E-state index contributed by atoms with van der Waals surface area (Å²) >= 11 is 5.83. The highest BCUT2D eigenvalue weighted by Gasteiger charge is 2.36. The molecule has 0 bridgehead atoms. The number of carbonyl (C=O) groups is 2. The van der Waals surface area contributed by atoms with Crippen molar-refractivity contribution >= 4 is 29.0 Å². The minimum absolute atomic E-state index is 0.0224. The number of aryl methyl sites for hydroxylation is 1. The fourth-order valence-corrected chi connectivity index (χ4v) is 2.92. The quantitative estimate of drug-likeness (QED) is 0.628. The number of halogens is 1. The Balaban J connectivity index is 1.46. The normalized spacial score (nSPS) is 13.2.